The van der Waals surface area contributed by atoms with Gasteiger partial charge in [0.1, 0.15) is 24.2 Å². The first-order chi connectivity index (χ1) is 13.0. The molecule has 2 atom stereocenters. The van der Waals surface area contributed by atoms with Crippen molar-refractivity contribution in [2.75, 3.05) is 18.0 Å². The molecular weight excluding hydrogens is 340 g/mol. The standard InChI is InChI=1S/C20H26N6O/c1-4-25(19-16-8-11-22-18(16)23-14-24-19)12-6-5-9-20(3)15(2)13-26(20)17(27)7-10-21/h6,8,11-12,14-15H,4-5,7,9,13H2,1-3H3,(H,22,23,24). The topological polar surface area (TPSA) is 88.9 Å². The van der Waals surface area contributed by atoms with Gasteiger partial charge in [0.25, 0.3) is 0 Å². The van der Waals surface area contributed by atoms with Crippen molar-refractivity contribution in [2.24, 2.45) is 5.92 Å². The van der Waals surface area contributed by atoms with Gasteiger partial charge < -0.3 is 14.8 Å². The van der Waals surface area contributed by atoms with Crippen LogP contribution in [0.1, 0.15) is 40.0 Å². The number of likely N-dealkylation sites (tertiary alicyclic amines) is 1. The molecule has 27 heavy (non-hydrogen) atoms. The maximum atomic E-state index is 12.1. The van der Waals surface area contributed by atoms with Crippen molar-refractivity contribution < 1.29 is 4.79 Å². The zero-order chi connectivity index (χ0) is 19.4. The highest BCUT2D eigenvalue weighted by Gasteiger charge is 2.48. The SMILES string of the molecule is CCN(C=CCCC1(C)C(C)CN1C(=O)CC#N)c1ncnc2[nH]ccc12. The average Bonchev–Trinajstić information content (AvgIpc) is 3.15. The summed E-state index contributed by atoms with van der Waals surface area (Å²) in [5.74, 6) is 1.26. The molecular formula is C20H26N6O. The van der Waals surface area contributed by atoms with E-state index in [0.29, 0.717) is 5.92 Å². The number of nitrogens with one attached hydrogen (secondary N) is 1. The monoisotopic (exact) mass is 366 g/mol. The lowest BCUT2D eigenvalue weighted by Crippen LogP contribution is -2.66. The van der Waals surface area contributed by atoms with E-state index in [1.165, 1.54) is 0 Å². The Bertz CT molecular complexity index is 882. The second-order valence-corrected chi connectivity index (χ2v) is 7.24. The Kier molecular flexibility index (Phi) is 5.45. The minimum Gasteiger partial charge on any atom is -0.346 e. The fourth-order valence-corrected chi connectivity index (χ4v) is 3.75. The third kappa shape index (κ3) is 3.52. The van der Waals surface area contributed by atoms with Crippen LogP contribution in [-0.2, 0) is 4.79 Å². The highest BCUT2D eigenvalue weighted by Crippen LogP contribution is 2.40. The number of nitriles is 1. The minimum atomic E-state index is -0.169. The van der Waals surface area contributed by atoms with Gasteiger partial charge >= 0.3 is 0 Å². The predicted molar refractivity (Wildman–Crippen MR) is 105 cm³/mol. The molecule has 1 aliphatic heterocycles. The van der Waals surface area contributed by atoms with Crippen LogP contribution in [0, 0.1) is 17.2 Å². The quantitative estimate of drug-likeness (QED) is 0.813. The predicted octanol–water partition coefficient (Wildman–Crippen LogP) is 3.23. The Labute approximate surface area is 159 Å². The number of aromatic amines is 1. The van der Waals surface area contributed by atoms with E-state index < -0.39 is 0 Å². The molecule has 7 heteroatoms. The van der Waals surface area contributed by atoms with Crippen LogP contribution in [0.4, 0.5) is 5.82 Å². The largest absolute Gasteiger partial charge is 0.346 e. The van der Waals surface area contributed by atoms with Crippen LogP contribution in [0.25, 0.3) is 11.0 Å². The molecule has 0 aliphatic carbocycles. The summed E-state index contributed by atoms with van der Waals surface area (Å²) in [4.78, 5) is 27.9. The van der Waals surface area contributed by atoms with Crippen LogP contribution in [0.5, 0.6) is 0 Å². The molecule has 2 aromatic rings. The van der Waals surface area contributed by atoms with Crippen LogP contribution in [0.3, 0.4) is 0 Å². The van der Waals surface area contributed by atoms with Crippen molar-refractivity contribution >= 4 is 22.8 Å². The van der Waals surface area contributed by atoms with E-state index in [9.17, 15) is 4.79 Å². The molecule has 1 aliphatic rings. The lowest BCUT2D eigenvalue weighted by molar-refractivity contribution is -0.153. The molecule has 0 saturated carbocycles. The number of hydrogen-bond acceptors (Lipinski definition) is 5. The smallest absolute Gasteiger partial charge is 0.237 e. The Morgan fingerprint density at radius 1 is 1.56 bits per heavy atom. The summed E-state index contributed by atoms with van der Waals surface area (Å²) in [5.41, 5.74) is 0.660. The summed E-state index contributed by atoms with van der Waals surface area (Å²) in [6.45, 7) is 7.92. The number of hydrogen-bond donors (Lipinski definition) is 1. The fourth-order valence-electron chi connectivity index (χ4n) is 3.75. The van der Waals surface area contributed by atoms with Gasteiger partial charge in [0.2, 0.25) is 5.91 Å². The lowest BCUT2D eigenvalue weighted by atomic mass is 9.73. The van der Waals surface area contributed by atoms with Crippen molar-refractivity contribution in [3.05, 3.63) is 30.9 Å². The van der Waals surface area contributed by atoms with Gasteiger partial charge in [-0.3, -0.25) is 4.79 Å². The van der Waals surface area contributed by atoms with Gasteiger partial charge in [0.15, 0.2) is 0 Å². The molecule has 0 bridgehead atoms. The summed E-state index contributed by atoms with van der Waals surface area (Å²) in [6, 6.07) is 3.95. The zero-order valence-corrected chi connectivity index (χ0v) is 16.1. The summed E-state index contributed by atoms with van der Waals surface area (Å²) in [5, 5.41) is 9.78. The van der Waals surface area contributed by atoms with Crippen molar-refractivity contribution in [3.8, 4) is 6.07 Å². The normalized spacial score (nSPS) is 22.0. The van der Waals surface area contributed by atoms with Gasteiger partial charge in [-0.2, -0.15) is 5.26 Å². The van der Waals surface area contributed by atoms with Crippen molar-refractivity contribution in [1.29, 1.82) is 5.26 Å². The Hall–Kier alpha value is -2.88. The van der Waals surface area contributed by atoms with E-state index in [2.05, 4.69) is 52.9 Å². The Balaban J connectivity index is 1.65. The third-order valence-electron chi connectivity index (χ3n) is 5.71. The minimum absolute atomic E-state index is 0.0395. The van der Waals surface area contributed by atoms with E-state index >= 15 is 0 Å². The number of aromatic nitrogens is 3. The number of allylic oxidation sites excluding steroid dienone is 1. The highest BCUT2D eigenvalue weighted by molar-refractivity contribution is 5.87. The van der Waals surface area contributed by atoms with E-state index in [0.717, 1.165) is 42.8 Å². The van der Waals surface area contributed by atoms with Gasteiger partial charge in [-0.25, -0.2) is 9.97 Å². The second-order valence-electron chi connectivity index (χ2n) is 7.24. The molecule has 1 saturated heterocycles. The number of H-pyrrole nitrogens is 1. The van der Waals surface area contributed by atoms with Gasteiger partial charge in [0, 0.05) is 31.0 Å². The number of nitrogens with zero attached hydrogens (tertiary/aromatic N) is 5. The van der Waals surface area contributed by atoms with E-state index in [4.69, 9.17) is 5.26 Å². The molecule has 1 N–H and O–H groups in total. The van der Waals surface area contributed by atoms with Gasteiger partial charge in [0.05, 0.1) is 11.5 Å². The Morgan fingerprint density at radius 3 is 3.07 bits per heavy atom. The molecule has 3 heterocycles. The van der Waals surface area contributed by atoms with E-state index in [-0.39, 0.29) is 17.9 Å². The zero-order valence-electron chi connectivity index (χ0n) is 16.1. The first-order valence-corrected chi connectivity index (χ1v) is 9.40. The first kappa shape index (κ1) is 18.9. The number of amides is 1. The summed E-state index contributed by atoms with van der Waals surface area (Å²) in [7, 11) is 0. The third-order valence-corrected chi connectivity index (χ3v) is 5.71. The van der Waals surface area contributed by atoms with Crippen molar-refractivity contribution in [1.82, 2.24) is 19.9 Å². The van der Waals surface area contributed by atoms with Crippen LogP contribution in [0.2, 0.25) is 0 Å². The number of carbonyl (C=O) groups excluding carboxylic acids is 1. The molecule has 1 amide bonds. The summed E-state index contributed by atoms with van der Waals surface area (Å²) >= 11 is 0. The van der Waals surface area contributed by atoms with Crippen molar-refractivity contribution in [3.63, 3.8) is 0 Å². The fraction of sp³-hybridized carbons (Fsp3) is 0.500. The lowest BCUT2D eigenvalue weighted by Gasteiger charge is -2.56. The van der Waals surface area contributed by atoms with Crippen LogP contribution < -0.4 is 4.90 Å². The number of carbonyl (C=O) groups is 1. The molecule has 0 spiro atoms. The maximum Gasteiger partial charge on any atom is 0.237 e. The number of anilines is 1. The molecule has 3 rings (SSSR count). The van der Waals surface area contributed by atoms with E-state index in [1.54, 1.807) is 6.33 Å². The second kappa shape index (κ2) is 7.78. The van der Waals surface area contributed by atoms with Gasteiger partial charge in [-0.05, 0) is 38.7 Å². The molecule has 2 aromatic heterocycles. The molecule has 0 aromatic carbocycles. The van der Waals surface area contributed by atoms with Crippen LogP contribution in [-0.4, -0.2) is 44.4 Å². The summed E-state index contributed by atoms with van der Waals surface area (Å²) in [6.07, 6.45) is 9.32. The summed E-state index contributed by atoms with van der Waals surface area (Å²) < 4.78 is 0. The maximum absolute atomic E-state index is 12.1. The first-order valence-electron chi connectivity index (χ1n) is 9.40. The number of rotatable bonds is 7. The molecule has 0 radical (unpaired) electrons. The average molecular weight is 366 g/mol. The van der Waals surface area contributed by atoms with Crippen molar-refractivity contribution in [2.45, 2.75) is 45.6 Å². The number of fused-ring (bicyclic) bond motifs is 1. The van der Waals surface area contributed by atoms with Crippen LogP contribution in [0.15, 0.2) is 30.9 Å². The molecule has 2 unspecified atom stereocenters. The molecule has 142 valence electrons. The highest BCUT2D eigenvalue weighted by atomic mass is 16.2. The van der Waals surface area contributed by atoms with Gasteiger partial charge in [-0.15, -0.1) is 0 Å². The van der Waals surface area contributed by atoms with Gasteiger partial charge in [-0.1, -0.05) is 13.0 Å². The molecule has 1 fully saturated rings. The Morgan fingerprint density at radius 2 is 2.37 bits per heavy atom. The van der Waals surface area contributed by atoms with E-state index in [1.807, 2.05) is 23.2 Å². The van der Waals surface area contributed by atoms with Crippen LogP contribution >= 0.6 is 0 Å². The molecule has 7 nitrogen and oxygen atoms in total.